The van der Waals surface area contributed by atoms with E-state index < -0.39 is 5.56 Å². The topological polar surface area (TPSA) is 74.1 Å². The Balaban J connectivity index is 1.38. The molecular formula is C22H25FN6O2S. The molecule has 0 saturated carbocycles. The zero-order chi connectivity index (χ0) is 22.2. The summed E-state index contributed by atoms with van der Waals surface area (Å²) in [5.74, 6) is 0.0592. The number of nitrogens with zero attached hydrogens (tertiary/aromatic N) is 6. The third-order valence-corrected chi connectivity index (χ3v) is 7.12. The molecule has 0 spiro atoms. The van der Waals surface area contributed by atoms with Crippen LogP contribution in [0.1, 0.15) is 30.3 Å². The van der Waals surface area contributed by atoms with Crippen molar-refractivity contribution >= 4 is 33.0 Å². The first-order valence-corrected chi connectivity index (χ1v) is 11.8. The highest BCUT2D eigenvalue weighted by Gasteiger charge is 2.27. The molecule has 32 heavy (non-hydrogen) atoms. The monoisotopic (exact) mass is 456 g/mol. The fourth-order valence-corrected chi connectivity index (χ4v) is 5.41. The smallest absolute Gasteiger partial charge is 0.274 e. The second-order valence-electron chi connectivity index (χ2n) is 8.48. The zero-order valence-electron chi connectivity index (χ0n) is 17.9. The third kappa shape index (κ3) is 3.94. The fraction of sp³-hybridized carbons (Fsp3) is 0.455. The molecule has 2 saturated heterocycles. The Bertz CT molecular complexity index is 1200. The summed E-state index contributed by atoms with van der Waals surface area (Å²) in [4.78, 5) is 35.9. The lowest BCUT2D eigenvalue weighted by Crippen LogP contribution is -2.49. The number of hydrogen-bond acceptors (Lipinski definition) is 7. The molecule has 0 radical (unpaired) electrons. The SMILES string of the molecule is CC1CCCN(c2nn3c(C(=O)N4CCN(c5ccccc5F)CC4)cc(=O)nc3s2)C1. The predicted molar refractivity (Wildman–Crippen MR) is 122 cm³/mol. The molecule has 0 bridgehead atoms. The van der Waals surface area contributed by atoms with Gasteiger partial charge in [-0.15, -0.1) is 5.10 Å². The lowest BCUT2D eigenvalue weighted by atomic mass is 10.0. The molecule has 1 atom stereocenters. The first-order chi connectivity index (χ1) is 15.5. The molecule has 1 aromatic carbocycles. The zero-order valence-corrected chi connectivity index (χ0v) is 18.7. The Labute approximate surface area is 188 Å². The number of aromatic nitrogens is 3. The van der Waals surface area contributed by atoms with Crippen LogP contribution in [-0.4, -0.2) is 64.7 Å². The number of hydrogen-bond donors (Lipinski definition) is 0. The summed E-state index contributed by atoms with van der Waals surface area (Å²) in [5.41, 5.74) is 0.328. The van der Waals surface area contributed by atoms with E-state index in [0.29, 0.717) is 42.7 Å². The molecule has 8 nitrogen and oxygen atoms in total. The first-order valence-electron chi connectivity index (χ1n) is 10.9. The maximum atomic E-state index is 14.1. The summed E-state index contributed by atoms with van der Waals surface area (Å²) in [6.45, 7) is 5.95. The number of piperazine rings is 1. The van der Waals surface area contributed by atoms with Crippen molar-refractivity contribution in [1.29, 1.82) is 0 Å². The van der Waals surface area contributed by atoms with Crippen molar-refractivity contribution in [2.24, 2.45) is 5.92 Å². The average molecular weight is 457 g/mol. The Morgan fingerprint density at radius 3 is 2.66 bits per heavy atom. The molecule has 3 aromatic rings. The summed E-state index contributed by atoms with van der Waals surface area (Å²) in [6, 6.07) is 7.92. The Hall–Kier alpha value is -3.01. The molecule has 1 amide bonds. The number of para-hydroxylation sites is 1. The molecule has 2 aliphatic rings. The van der Waals surface area contributed by atoms with Crippen molar-refractivity contribution in [3.63, 3.8) is 0 Å². The maximum Gasteiger partial charge on any atom is 0.274 e. The van der Waals surface area contributed by atoms with Crippen LogP contribution in [0.5, 0.6) is 0 Å². The molecule has 168 valence electrons. The average Bonchev–Trinajstić information content (AvgIpc) is 3.22. The van der Waals surface area contributed by atoms with Gasteiger partial charge in [-0.25, -0.2) is 4.39 Å². The number of amides is 1. The van der Waals surface area contributed by atoms with E-state index in [4.69, 9.17) is 0 Å². The molecule has 4 heterocycles. The number of halogens is 1. The highest BCUT2D eigenvalue weighted by molar-refractivity contribution is 7.20. The molecule has 5 rings (SSSR count). The largest absolute Gasteiger partial charge is 0.366 e. The molecule has 2 aromatic heterocycles. The third-order valence-electron chi connectivity index (χ3n) is 6.15. The fourth-order valence-electron chi connectivity index (χ4n) is 4.47. The van der Waals surface area contributed by atoms with Gasteiger partial charge in [0.25, 0.3) is 11.5 Å². The Morgan fingerprint density at radius 1 is 1.12 bits per heavy atom. The van der Waals surface area contributed by atoms with Crippen LogP contribution in [0.25, 0.3) is 4.96 Å². The summed E-state index contributed by atoms with van der Waals surface area (Å²) in [6.07, 6.45) is 2.29. The Morgan fingerprint density at radius 2 is 1.91 bits per heavy atom. The number of piperidine rings is 1. The number of carbonyl (C=O) groups excluding carboxylic acids is 1. The van der Waals surface area contributed by atoms with Crippen molar-refractivity contribution in [3.05, 3.63) is 52.2 Å². The number of fused-ring (bicyclic) bond motifs is 1. The van der Waals surface area contributed by atoms with Gasteiger partial charge in [-0.1, -0.05) is 30.4 Å². The van der Waals surface area contributed by atoms with Crippen molar-refractivity contribution < 1.29 is 9.18 Å². The highest BCUT2D eigenvalue weighted by atomic mass is 32.1. The van der Waals surface area contributed by atoms with Gasteiger partial charge < -0.3 is 14.7 Å². The van der Waals surface area contributed by atoms with Crippen molar-refractivity contribution in [3.8, 4) is 0 Å². The lowest BCUT2D eigenvalue weighted by Gasteiger charge is -2.36. The lowest BCUT2D eigenvalue weighted by molar-refractivity contribution is 0.0737. The van der Waals surface area contributed by atoms with Gasteiger partial charge in [-0.05, 0) is 30.9 Å². The maximum absolute atomic E-state index is 14.1. The van der Waals surface area contributed by atoms with E-state index in [1.807, 2.05) is 4.90 Å². The number of carbonyl (C=O) groups is 1. The minimum Gasteiger partial charge on any atom is -0.366 e. The second kappa shape index (κ2) is 8.50. The van der Waals surface area contributed by atoms with Crippen LogP contribution < -0.4 is 15.4 Å². The van der Waals surface area contributed by atoms with Gasteiger partial charge in [-0.3, -0.25) is 9.59 Å². The molecule has 2 aliphatic heterocycles. The molecule has 1 unspecified atom stereocenters. The quantitative estimate of drug-likeness (QED) is 0.603. The van der Waals surface area contributed by atoms with E-state index in [-0.39, 0.29) is 17.4 Å². The van der Waals surface area contributed by atoms with Crippen molar-refractivity contribution in [1.82, 2.24) is 19.5 Å². The summed E-state index contributed by atoms with van der Waals surface area (Å²) >= 11 is 1.34. The van der Waals surface area contributed by atoms with Crippen LogP contribution in [-0.2, 0) is 0 Å². The van der Waals surface area contributed by atoms with Gasteiger partial charge in [0, 0.05) is 45.3 Å². The normalized spacial score (nSPS) is 19.6. The highest BCUT2D eigenvalue weighted by Crippen LogP contribution is 2.27. The first kappa shape index (κ1) is 20.9. The van der Waals surface area contributed by atoms with E-state index in [2.05, 4.69) is 21.9 Å². The van der Waals surface area contributed by atoms with Crippen LogP contribution in [0.3, 0.4) is 0 Å². The summed E-state index contributed by atoms with van der Waals surface area (Å²) in [5, 5.41) is 5.44. The number of benzene rings is 1. The summed E-state index contributed by atoms with van der Waals surface area (Å²) < 4.78 is 15.6. The van der Waals surface area contributed by atoms with E-state index in [9.17, 15) is 14.0 Å². The van der Waals surface area contributed by atoms with Gasteiger partial charge in [0.15, 0.2) is 0 Å². The van der Waals surface area contributed by atoms with Crippen LogP contribution in [0.15, 0.2) is 35.1 Å². The van der Waals surface area contributed by atoms with Gasteiger partial charge in [0.1, 0.15) is 11.5 Å². The van der Waals surface area contributed by atoms with Crippen molar-refractivity contribution in [2.75, 3.05) is 49.1 Å². The molecule has 0 N–H and O–H groups in total. The van der Waals surface area contributed by atoms with Crippen molar-refractivity contribution in [2.45, 2.75) is 19.8 Å². The van der Waals surface area contributed by atoms with Crippen LogP contribution >= 0.6 is 11.3 Å². The van der Waals surface area contributed by atoms with Crippen LogP contribution in [0, 0.1) is 11.7 Å². The minimum atomic E-state index is -0.444. The number of rotatable bonds is 3. The standard InChI is InChI=1S/C22H25FN6O2S/c1-15-5-4-8-28(14-15)22-25-29-18(13-19(30)24-21(29)32-22)20(31)27-11-9-26(10-12-27)17-7-3-2-6-16(17)23/h2-3,6-7,13,15H,4-5,8-12,14H2,1H3. The van der Waals surface area contributed by atoms with Gasteiger partial charge in [-0.2, -0.15) is 9.50 Å². The van der Waals surface area contributed by atoms with Gasteiger partial charge >= 0.3 is 0 Å². The molecular weight excluding hydrogens is 431 g/mol. The number of anilines is 2. The molecule has 10 heteroatoms. The van der Waals surface area contributed by atoms with Gasteiger partial charge in [0.2, 0.25) is 10.1 Å². The van der Waals surface area contributed by atoms with Gasteiger partial charge in [0.05, 0.1) is 5.69 Å². The molecule has 0 aliphatic carbocycles. The van der Waals surface area contributed by atoms with Crippen LogP contribution in [0.4, 0.5) is 15.2 Å². The minimum absolute atomic E-state index is 0.229. The summed E-state index contributed by atoms with van der Waals surface area (Å²) in [7, 11) is 0. The van der Waals surface area contributed by atoms with E-state index >= 15 is 0 Å². The van der Waals surface area contributed by atoms with E-state index in [1.54, 1.807) is 23.1 Å². The van der Waals surface area contributed by atoms with E-state index in [0.717, 1.165) is 24.6 Å². The molecule has 2 fully saturated rings. The predicted octanol–water partition coefficient (Wildman–Crippen LogP) is 2.49. The van der Waals surface area contributed by atoms with Crippen LogP contribution in [0.2, 0.25) is 0 Å². The Kier molecular flexibility index (Phi) is 5.54. The second-order valence-corrected chi connectivity index (χ2v) is 9.42. The van der Waals surface area contributed by atoms with E-state index in [1.165, 1.54) is 34.4 Å².